The molecule has 16 heavy (non-hydrogen) atoms. The minimum absolute atomic E-state index is 0.573. The number of hydrogen-bond acceptors (Lipinski definition) is 3. The summed E-state index contributed by atoms with van der Waals surface area (Å²) in [5.74, 6) is 1.52. The second-order valence-corrected chi connectivity index (χ2v) is 4.35. The smallest absolute Gasteiger partial charge is 0.131 e. The Balaban J connectivity index is 2.49. The Hall–Kier alpha value is -1.09. The maximum atomic E-state index is 5.62. The Morgan fingerprint density at radius 3 is 2.94 bits per heavy atom. The third-order valence-electron chi connectivity index (χ3n) is 2.14. The summed E-state index contributed by atoms with van der Waals surface area (Å²) >= 11 is 0. The van der Waals surface area contributed by atoms with Gasteiger partial charge in [0.25, 0.3) is 0 Å². The average molecular weight is 222 g/mol. The van der Waals surface area contributed by atoms with Crippen LogP contribution in [-0.2, 0) is 11.3 Å². The zero-order chi connectivity index (χ0) is 11.8. The number of nitrogens with zero attached hydrogens (tertiary/aromatic N) is 1. The van der Waals surface area contributed by atoms with Gasteiger partial charge in [-0.25, -0.2) is 4.98 Å². The van der Waals surface area contributed by atoms with Crippen LogP contribution < -0.4 is 5.32 Å². The quantitative estimate of drug-likeness (QED) is 0.770. The summed E-state index contributed by atoms with van der Waals surface area (Å²) in [5.41, 5.74) is 1.14. The van der Waals surface area contributed by atoms with Gasteiger partial charge < -0.3 is 10.1 Å². The highest BCUT2D eigenvalue weighted by molar-refractivity contribution is 5.43. The molecule has 0 amide bonds. The van der Waals surface area contributed by atoms with Gasteiger partial charge >= 0.3 is 0 Å². The monoisotopic (exact) mass is 222 g/mol. The summed E-state index contributed by atoms with van der Waals surface area (Å²) in [6.07, 6.45) is 2.91. The Labute approximate surface area is 98.2 Å². The number of rotatable bonds is 7. The van der Waals surface area contributed by atoms with Crippen LogP contribution in [0.15, 0.2) is 18.3 Å². The van der Waals surface area contributed by atoms with Crippen molar-refractivity contribution in [1.29, 1.82) is 0 Å². The van der Waals surface area contributed by atoms with Gasteiger partial charge in [-0.05, 0) is 18.4 Å². The predicted octanol–water partition coefficient (Wildman–Crippen LogP) is 3.08. The molecular formula is C13H22N2O. The summed E-state index contributed by atoms with van der Waals surface area (Å²) in [7, 11) is 0. The lowest BCUT2D eigenvalue weighted by atomic mass is 10.2. The molecule has 0 aliphatic heterocycles. The van der Waals surface area contributed by atoms with E-state index in [-0.39, 0.29) is 0 Å². The number of anilines is 1. The SMILES string of the molecule is CCCNc1ncccc1COCC(C)C. The van der Waals surface area contributed by atoms with Gasteiger partial charge in [-0.15, -0.1) is 0 Å². The fourth-order valence-electron chi connectivity index (χ4n) is 1.36. The standard InChI is InChI=1S/C13H22N2O/c1-4-7-14-13-12(6-5-8-15-13)10-16-9-11(2)3/h5-6,8,11H,4,7,9-10H2,1-3H3,(H,14,15). The van der Waals surface area contributed by atoms with Crippen LogP contribution in [0.3, 0.4) is 0 Å². The van der Waals surface area contributed by atoms with Crippen LogP contribution in [0, 0.1) is 5.92 Å². The molecule has 0 aliphatic carbocycles. The van der Waals surface area contributed by atoms with Crippen LogP contribution in [0.25, 0.3) is 0 Å². The summed E-state index contributed by atoms with van der Waals surface area (Å²) in [6.45, 7) is 8.83. The topological polar surface area (TPSA) is 34.2 Å². The largest absolute Gasteiger partial charge is 0.376 e. The first-order valence-electron chi connectivity index (χ1n) is 5.99. The predicted molar refractivity (Wildman–Crippen MR) is 67.5 cm³/mol. The average Bonchev–Trinajstić information content (AvgIpc) is 2.27. The molecule has 0 spiro atoms. The van der Waals surface area contributed by atoms with Crippen molar-refractivity contribution in [3.05, 3.63) is 23.9 Å². The molecule has 3 heteroatoms. The van der Waals surface area contributed by atoms with Gasteiger partial charge in [0.15, 0.2) is 0 Å². The van der Waals surface area contributed by atoms with Gasteiger partial charge in [0, 0.05) is 24.9 Å². The zero-order valence-corrected chi connectivity index (χ0v) is 10.5. The molecule has 1 heterocycles. The minimum atomic E-state index is 0.573. The first kappa shape index (κ1) is 13.0. The molecule has 0 unspecified atom stereocenters. The molecule has 90 valence electrons. The second kappa shape index (κ2) is 7.23. The van der Waals surface area contributed by atoms with Crippen LogP contribution in [0.5, 0.6) is 0 Å². The van der Waals surface area contributed by atoms with Gasteiger partial charge in [0.2, 0.25) is 0 Å². The van der Waals surface area contributed by atoms with Crippen molar-refractivity contribution in [1.82, 2.24) is 4.98 Å². The Morgan fingerprint density at radius 1 is 1.44 bits per heavy atom. The molecular weight excluding hydrogens is 200 g/mol. The Bertz CT molecular complexity index is 300. The molecule has 1 aromatic rings. The van der Waals surface area contributed by atoms with E-state index in [9.17, 15) is 0 Å². The van der Waals surface area contributed by atoms with E-state index in [4.69, 9.17) is 4.74 Å². The number of pyridine rings is 1. The molecule has 0 fully saturated rings. The minimum Gasteiger partial charge on any atom is -0.376 e. The first-order chi connectivity index (χ1) is 7.74. The number of aromatic nitrogens is 1. The molecule has 1 rings (SSSR count). The molecule has 1 aromatic heterocycles. The molecule has 0 bridgehead atoms. The molecule has 0 aromatic carbocycles. The summed E-state index contributed by atoms with van der Waals surface area (Å²) in [4.78, 5) is 4.32. The van der Waals surface area contributed by atoms with Gasteiger partial charge in [0.05, 0.1) is 6.61 Å². The van der Waals surface area contributed by atoms with Gasteiger partial charge in [0.1, 0.15) is 5.82 Å². The van der Waals surface area contributed by atoms with Crippen molar-refractivity contribution in [3.8, 4) is 0 Å². The van der Waals surface area contributed by atoms with Crippen LogP contribution in [0.1, 0.15) is 32.8 Å². The van der Waals surface area contributed by atoms with Crippen LogP contribution in [-0.4, -0.2) is 18.1 Å². The van der Waals surface area contributed by atoms with Gasteiger partial charge in [-0.3, -0.25) is 0 Å². The van der Waals surface area contributed by atoms with Crippen molar-refractivity contribution in [2.45, 2.75) is 33.8 Å². The van der Waals surface area contributed by atoms with E-state index < -0.39 is 0 Å². The third-order valence-corrected chi connectivity index (χ3v) is 2.14. The van der Waals surface area contributed by atoms with Crippen molar-refractivity contribution in [2.75, 3.05) is 18.5 Å². The van der Waals surface area contributed by atoms with Crippen LogP contribution in [0.2, 0.25) is 0 Å². The second-order valence-electron chi connectivity index (χ2n) is 4.35. The maximum Gasteiger partial charge on any atom is 0.131 e. The molecule has 0 saturated carbocycles. The first-order valence-corrected chi connectivity index (χ1v) is 5.99. The summed E-state index contributed by atoms with van der Waals surface area (Å²) < 4.78 is 5.62. The normalized spacial score (nSPS) is 10.8. The molecule has 0 atom stereocenters. The maximum absolute atomic E-state index is 5.62. The highest BCUT2D eigenvalue weighted by Crippen LogP contribution is 2.13. The molecule has 0 saturated heterocycles. The fraction of sp³-hybridized carbons (Fsp3) is 0.615. The lowest BCUT2D eigenvalue weighted by molar-refractivity contribution is 0.0972. The van der Waals surface area contributed by atoms with E-state index in [1.807, 2.05) is 12.3 Å². The van der Waals surface area contributed by atoms with Crippen molar-refractivity contribution in [2.24, 2.45) is 5.92 Å². The van der Waals surface area contributed by atoms with Crippen LogP contribution in [0.4, 0.5) is 5.82 Å². The number of hydrogen-bond donors (Lipinski definition) is 1. The highest BCUT2D eigenvalue weighted by Gasteiger charge is 2.03. The van der Waals surface area contributed by atoms with E-state index in [0.717, 1.165) is 31.0 Å². The Morgan fingerprint density at radius 2 is 2.25 bits per heavy atom. The lowest BCUT2D eigenvalue weighted by Gasteiger charge is -2.11. The van der Waals surface area contributed by atoms with E-state index in [2.05, 4.69) is 37.1 Å². The van der Waals surface area contributed by atoms with Crippen LogP contribution >= 0.6 is 0 Å². The van der Waals surface area contributed by atoms with Crippen molar-refractivity contribution >= 4 is 5.82 Å². The van der Waals surface area contributed by atoms with Crippen molar-refractivity contribution < 1.29 is 4.74 Å². The number of ether oxygens (including phenoxy) is 1. The van der Waals surface area contributed by atoms with E-state index in [1.54, 1.807) is 0 Å². The zero-order valence-electron chi connectivity index (χ0n) is 10.5. The third kappa shape index (κ3) is 4.62. The fourth-order valence-corrected chi connectivity index (χ4v) is 1.36. The Kier molecular flexibility index (Phi) is 5.86. The molecule has 0 aliphatic rings. The molecule has 0 radical (unpaired) electrons. The highest BCUT2D eigenvalue weighted by atomic mass is 16.5. The molecule has 3 nitrogen and oxygen atoms in total. The van der Waals surface area contributed by atoms with E-state index in [0.29, 0.717) is 12.5 Å². The van der Waals surface area contributed by atoms with Gasteiger partial charge in [-0.2, -0.15) is 0 Å². The van der Waals surface area contributed by atoms with Gasteiger partial charge in [-0.1, -0.05) is 26.8 Å². The number of nitrogens with one attached hydrogen (secondary N) is 1. The lowest BCUT2D eigenvalue weighted by Crippen LogP contribution is -2.07. The van der Waals surface area contributed by atoms with E-state index >= 15 is 0 Å². The summed E-state index contributed by atoms with van der Waals surface area (Å²) in [6, 6.07) is 4.01. The summed E-state index contributed by atoms with van der Waals surface area (Å²) in [5, 5.41) is 3.31. The van der Waals surface area contributed by atoms with E-state index in [1.165, 1.54) is 0 Å². The van der Waals surface area contributed by atoms with Crippen molar-refractivity contribution in [3.63, 3.8) is 0 Å². The molecule has 1 N–H and O–H groups in total.